The SMILES string of the molecule is CN(CC(=O)Nc1ccccc1Cl)C(=O)C1CCN(c2ccc3nnc(C(F)(F)F)n3n2)CC1. The van der Waals surface area contributed by atoms with Gasteiger partial charge in [-0.25, -0.2) is 0 Å². The number of halogens is 4. The summed E-state index contributed by atoms with van der Waals surface area (Å²) in [4.78, 5) is 28.3. The summed E-state index contributed by atoms with van der Waals surface area (Å²) in [6, 6.07) is 9.81. The molecular formula is C21H21ClF3N7O2. The van der Waals surface area contributed by atoms with Crippen LogP contribution in [0.3, 0.4) is 0 Å². The Labute approximate surface area is 197 Å². The van der Waals surface area contributed by atoms with Gasteiger partial charge in [0, 0.05) is 26.1 Å². The first-order valence-corrected chi connectivity index (χ1v) is 10.9. The highest BCUT2D eigenvalue weighted by Gasteiger charge is 2.38. The summed E-state index contributed by atoms with van der Waals surface area (Å²) in [5.41, 5.74) is 0.465. The van der Waals surface area contributed by atoms with E-state index in [1.165, 1.54) is 11.0 Å². The van der Waals surface area contributed by atoms with Gasteiger partial charge < -0.3 is 15.1 Å². The molecular weight excluding hydrogens is 475 g/mol. The van der Waals surface area contributed by atoms with Gasteiger partial charge in [-0.05, 0) is 37.1 Å². The van der Waals surface area contributed by atoms with Crippen molar-refractivity contribution < 1.29 is 22.8 Å². The summed E-state index contributed by atoms with van der Waals surface area (Å²) in [7, 11) is 1.56. The molecule has 1 saturated heterocycles. The lowest BCUT2D eigenvalue weighted by Crippen LogP contribution is -2.43. The number of fused-ring (bicyclic) bond motifs is 1. The molecule has 3 heterocycles. The zero-order valence-electron chi connectivity index (χ0n) is 18.1. The number of rotatable bonds is 5. The second kappa shape index (κ2) is 9.45. The quantitative estimate of drug-likeness (QED) is 0.584. The predicted octanol–water partition coefficient (Wildman–Crippen LogP) is 3.11. The summed E-state index contributed by atoms with van der Waals surface area (Å²) < 4.78 is 40.0. The predicted molar refractivity (Wildman–Crippen MR) is 118 cm³/mol. The maximum absolute atomic E-state index is 13.1. The molecule has 180 valence electrons. The second-order valence-electron chi connectivity index (χ2n) is 7.97. The Morgan fingerprint density at radius 1 is 1.15 bits per heavy atom. The van der Waals surface area contributed by atoms with Gasteiger partial charge in [0.25, 0.3) is 5.82 Å². The molecule has 1 fully saturated rings. The van der Waals surface area contributed by atoms with Gasteiger partial charge in [-0.2, -0.15) is 17.7 Å². The molecule has 0 atom stereocenters. The number of aromatic nitrogens is 4. The average Bonchev–Trinajstić information content (AvgIpc) is 3.24. The monoisotopic (exact) mass is 495 g/mol. The molecule has 1 aliphatic heterocycles. The van der Waals surface area contributed by atoms with Gasteiger partial charge in [0.05, 0.1) is 17.3 Å². The minimum atomic E-state index is -4.67. The lowest BCUT2D eigenvalue weighted by molar-refractivity contribution is -0.146. The molecule has 2 aromatic heterocycles. The molecule has 1 aromatic carbocycles. The van der Waals surface area contributed by atoms with E-state index >= 15 is 0 Å². The van der Waals surface area contributed by atoms with E-state index in [0.29, 0.717) is 47.0 Å². The number of anilines is 2. The molecule has 4 rings (SSSR count). The maximum atomic E-state index is 13.1. The van der Waals surface area contributed by atoms with Crippen LogP contribution in [0.5, 0.6) is 0 Å². The lowest BCUT2D eigenvalue weighted by atomic mass is 9.95. The molecule has 0 bridgehead atoms. The zero-order valence-corrected chi connectivity index (χ0v) is 18.8. The van der Waals surface area contributed by atoms with E-state index in [2.05, 4.69) is 20.6 Å². The first kappa shape index (κ1) is 23.7. The van der Waals surface area contributed by atoms with E-state index < -0.39 is 12.0 Å². The Kier molecular flexibility index (Phi) is 6.60. The van der Waals surface area contributed by atoms with Crippen molar-refractivity contribution in [1.82, 2.24) is 24.7 Å². The number of para-hydroxylation sites is 1. The highest BCUT2D eigenvalue weighted by Crippen LogP contribution is 2.29. The van der Waals surface area contributed by atoms with Crippen LogP contribution in [0.15, 0.2) is 36.4 Å². The Morgan fingerprint density at radius 2 is 1.85 bits per heavy atom. The van der Waals surface area contributed by atoms with Crippen LogP contribution < -0.4 is 10.2 Å². The van der Waals surface area contributed by atoms with Crippen molar-refractivity contribution in [1.29, 1.82) is 0 Å². The Morgan fingerprint density at radius 3 is 2.53 bits per heavy atom. The van der Waals surface area contributed by atoms with Crippen molar-refractivity contribution in [2.75, 3.05) is 36.9 Å². The number of nitrogens with one attached hydrogen (secondary N) is 1. The van der Waals surface area contributed by atoms with Crippen LogP contribution in [0.25, 0.3) is 5.65 Å². The van der Waals surface area contributed by atoms with Crippen molar-refractivity contribution in [3.8, 4) is 0 Å². The second-order valence-corrected chi connectivity index (χ2v) is 8.37. The minimum Gasteiger partial charge on any atom is -0.355 e. The van der Waals surface area contributed by atoms with Crippen LogP contribution in [-0.4, -0.2) is 63.2 Å². The van der Waals surface area contributed by atoms with Crippen molar-refractivity contribution in [2.24, 2.45) is 5.92 Å². The van der Waals surface area contributed by atoms with E-state index in [-0.39, 0.29) is 29.9 Å². The van der Waals surface area contributed by atoms with E-state index in [1.54, 1.807) is 37.4 Å². The number of likely N-dealkylation sites (N-methyl/N-ethyl adjacent to an activating group) is 1. The van der Waals surface area contributed by atoms with Crippen molar-refractivity contribution >= 4 is 40.6 Å². The van der Waals surface area contributed by atoms with Crippen molar-refractivity contribution in [3.05, 3.63) is 47.2 Å². The topological polar surface area (TPSA) is 95.7 Å². The number of alkyl halides is 3. The van der Waals surface area contributed by atoms with Gasteiger partial charge in [-0.1, -0.05) is 23.7 Å². The third-order valence-corrected chi connectivity index (χ3v) is 5.91. The number of carbonyl (C=O) groups is 2. The number of nitrogens with zero attached hydrogens (tertiary/aromatic N) is 6. The van der Waals surface area contributed by atoms with Gasteiger partial charge in [0.1, 0.15) is 5.82 Å². The number of carbonyl (C=O) groups excluding carboxylic acids is 2. The van der Waals surface area contributed by atoms with Crippen LogP contribution in [0.4, 0.5) is 24.7 Å². The van der Waals surface area contributed by atoms with Crippen LogP contribution in [-0.2, 0) is 15.8 Å². The number of piperidine rings is 1. The maximum Gasteiger partial charge on any atom is 0.453 e. The van der Waals surface area contributed by atoms with Crippen LogP contribution >= 0.6 is 11.6 Å². The fourth-order valence-corrected chi connectivity index (χ4v) is 4.02. The molecule has 34 heavy (non-hydrogen) atoms. The van der Waals surface area contributed by atoms with Gasteiger partial charge in [-0.3, -0.25) is 9.59 Å². The molecule has 9 nitrogen and oxygen atoms in total. The highest BCUT2D eigenvalue weighted by atomic mass is 35.5. The van der Waals surface area contributed by atoms with Crippen LogP contribution in [0, 0.1) is 5.92 Å². The Bertz CT molecular complexity index is 1210. The van der Waals surface area contributed by atoms with Gasteiger partial charge in [0.15, 0.2) is 5.65 Å². The molecule has 1 aliphatic rings. The fourth-order valence-electron chi connectivity index (χ4n) is 3.84. The molecule has 1 N–H and O–H groups in total. The van der Waals surface area contributed by atoms with Crippen molar-refractivity contribution in [2.45, 2.75) is 19.0 Å². The molecule has 0 saturated carbocycles. The lowest BCUT2D eigenvalue weighted by Gasteiger charge is -2.33. The smallest absolute Gasteiger partial charge is 0.355 e. The summed E-state index contributed by atoms with van der Waals surface area (Å²) in [6.45, 7) is 0.729. The molecule has 0 unspecified atom stereocenters. The van der Waals surface area contributed by atoms with Gasteiger partial charge in [0.2, 0.25) is 11.8 Å². The molecule has 13 heteroatoms. The summed E-state index contributed by atoms with van der Waals surface area (Å²) >= 11 is 6.04. The van der Waals surface area contributed by atoms with Crippen LogP contribution in [0.2, 0.25) is 5.02 Å². The first-order chi connectivity index (χ1) is 16.1. The number of hydrogen-bond donors (Lipinski definition) is 1. The van der Waals surface area contributed by atoms with E-state index in [9.17, 15) is 22.8 Å². The van der Waals surface area contributed by atoms with E-state index in [0.717, 1.165) is 0 Å². The summed E-state index contributed by atoms with van der Waals surface area (Å²) in [5, 5.41) is 13.8. The van der Waals surface area contributed by atoms with Gasteiger partial charge >= 0.3 is 6.18 Å². The third kappa shape index (κ3) is 5.06. The Balaban J connectivity index is 1.34. The zero-order chi connectivity index (χ0) is 24.5. The fraction of sp³-hybridized carbons (Fsp3) is 0.381. The molecule has 0 aliphatic carbocycles. The summed E-state index contributed by atoms with van der Waals surface area (Å²) in [6.07, 6.45) is -3.72. The summed E-state index contributed by atoms with van der Waals surface area (Å²) in [5.74, 6) is -1.69. The molecule has 0 radical (unpaired) electrons. The molecule has 2 amide bonds. The standard InChI is InChI=1S/C21H21ClF3N7O2/c1-30(12-18(33)26-15-5-3-2-4-14(15)22)19(34)13-8-10-31(11-9-13)17-7-6-16-27-28-20(21(23,24)25)32(16)29-17/h2-7,13H,8-12H2,1H3,(H,26,33). The normalized spacial score (nSPS) is 14.9. The average molecular weight is 496 g/mol. The Hall–Kier alpha value is -3.41. The number of hydrogen-bond acceptors (Lipinski definition) is 6. The number of benzene rings is 1. The highest BCUT2D eigenvalue weighted by molar-refractivity contribution is 6.33. The van der Waals surface area contributed by atoms with E-state index in [4.69, 9.17) is 11.6 Å². The van der Waals surface area contributed by atoms with Crippen LogP contribution in [0.1, 0.15) is 18.7 Å². The van der Waals surface area contributed by atoms with Gasteiger partial charge in [-0.15, -0.1) is 15.3 Å². The molecule has 3 aromatic rings. The first-order valence-electron chi connectivity index (χ1n) is 10.5. The third-order valence-electron chi connectivity index (χ3n) is 5.58. The largest absolute Gasteiger partial charge is 0.453 e. The van der Waals surface area contributed by atoms with E-state index in [1.807, 2.05) is 4.90 Å². The number of amides is 2. The molecule has 0 spiro atoms. The van der Waals surface area contributed by atoms with Crippen molar-refractivity contribution in [3.63, 3.8) is 0 Å². The minimum absolute atomic E-state index is 0.00201.